The molecule has 0 aromatic heterocycles. The standard InChI is InChI=1S/C29H50O3/c1-6-9-23-26(30)18-21(19-27(23)31)12-13-22-11-8-17-29(5)24(14-15-25(22)29)20(2)10-7-16-28(3,4)32/h12-13,20,23-27,30-32H,6-11,14-19H2,1-5H3/b21-12?,22-13+/t20-,23?,24-,25-,26-,27-,29-/m1/s1. The van der Waals surface area contributed by atoms with E-state index in [1.807, 2.05) is 13.8 Å². The molecule has 0 bridgehead atoms. The average molecular weight is 447 g/mol. The predicted octanol–water partition coefficient (Wildman–Crippen LogP) is 6.56. The maximum atomic E-state index is 10.5. The Morgan fingerprint density at radius 3 is 2.44 bits per heavy atom. The molecule has 3 heteroatoms. The van der Waals surface area contributed by atoms with Crippen LogP contribution in [0.15, 0.2) is 23.3 Å². The van der Waals surface area contributed by atoms with Gasteiger partial charge in [-0.1, -0.05) is 63.3 Å². The first-order valence-corrected chi connectivity index (χ1v) is 13.5. The van der Waals surface area contributed by atoms with Gasteiger partial charge in [0.05, 0.1) is 17.8 Å². The van der Waals surface area contributed by atoms with Crippen LogP contribution in [-0.2, 0) is 0 Å². The van der Waals surface area contributed by atoms with E-state index >= 15 is 0 Å². The van der Waals surface area contributed by atoms with Crippen molar-refractivity contribution in [2.45, 2.75) is 129 Å². The number of hydrogen-bond donors (Lipinski definition) is 3. The summed E-state index contributed by atoms with van der Waals surface area (Å²) in [5.74, 6) is 2.21. The largest absolute Gasteiger partial charge is 0.392 e. The summed E-state index contributed by atoms with van der Waals surface area (Å²) >= 11 is 0. The zero-order valence-electron chi connectivity index (χ0n) is 21.4. The van der Waals surface area contributed by atoms with Gasteiger partial charge in [-0.15, -0.1) is 0 Å². The van der Waals surface area contributed by atoms with Crippen LogP contribution in [0.2, 0.25) is 0 Å². The van der Waals surface area contributed by atoms with Gasteiger partial charge in [0.2, 0.25) is 0 Å². The Morgan fingerprint density at radius 1 is 1.12 bits per heavy atom. The third kappa shape index (κ3) is 6.07. The van der Waals surface area contributed by atoms with E-state index in [9.17, 15) is 15.3 Å². The van der Waals surface area contributed by atoms with Crippen molar-refractivity contribution in [3.63, 3.8) is 0 Å². The Kier molecular flexibility index (Phi) is 8.72. The van der Waals surface area contributed by atoms with Crippen LogP contribution >= 0.6 is 0 Å². The van der Waals surface area contributed by atoms with Crippen molar-refractivity contribution < 1.29 is 15.3 Å². The van der Waals surface area contributed by atoms with Crippen molar-refractivity contribution in [1.82, 2.24) is 0 Å². The van der Waals surface area contributed by atoms with E-state index in [0.29, 0.717) is 30.1 Å². The SMILES string of the molecule is CCCC1[C@H](O)CC(=C/C=C2\CCC[C@@]3(C)[C@@H]2CC[C@@H]3[C@H](C)CCCC(C)(C)O)C[C@H]1O. The Morgan fingerprint density at radius 2 is 1.81 bits per heavy atom. The molecule has 0 heterocycles. The zero-order valence-corrected chi connectivity index (χ0v) is 21.4. The molecule has 3 N–H and O–H groups in total. The highest BCUT2D eigenvalue weighted by Crippen LogP contribution is 2.60. The molecular weight excluding hydrogens is 396 g/mol. The number of hydrogen-bond acceptors (Lipinski definition) is 3. The minimum Gasteiger partial charge on any atom is -0.392 e. The van der Waals surface area contributed by atoms with Gasteiger partial charge in [0.15, 0.2) is 0 Å². The van der Waals surface area contributed by atoms with Crippen molar-refractivity contribution >= 4 is 0 Å². The fraction of sp³-hybridized carbons (Fsp3) is 0.862. The van der Waals surface area contributed by atoms with E-state index in [1.54, 1.807) is 5.57 Å². The van der Waals surface area contributed by atoms with Crippen LogP contribution in [0.5, 0.6) is 0 Å². The molecule has 0 aromatic rings. The summed E-state index contributed by atoms with van der Waals surface area (Å²) in [5.41, 5.74) is 2.67. The maximum absolute atomic E-state index is 10.5. The molecule has 0 saturated heterocycles. The van der Waals surface area contributed by atoms with Crippen molar-refractivity contribution in [1.29, 1.82) is 0 Å². The topological polar surface area (TPSA) is 60.7 Å². The minimum absolute atomic E-state index is 0.0382. The predicted molar refractivity (Wildman–Crippen MR) is 133 cm³/mol. The summed E-state index contributed by atoms with van der Waals surface area (Å²) in [6, 6.07) is 0. The summed E-state index contributed by atoms with van der Waals surface area (Å²) in [6.07, 6.45) is 16.8. The fourth-order valence-electron chi connectivity index (χ4n) is 7.53. The first-order valence-electron chi connectivity index (χ1n) is 13.5. The third-order valence-electron chi connectivity index (χ3n) is 9.26. The Balaban J connectivity index is 1.65. The lowest BCUT2D eigenvalue weighted by Crippen LogP contribution is -2.37. The van der Waals surface area contributed by atoms with Gasteiger partial charge in [0, 0.05) is 5.92 Å². The molecule has 6 atom stereocenters. The van der Waals surface area contributed by atoms with Crippen LogP contribution in [0.4, 0.5) is 0 Å². The van der Waals surface area contributed by atoms with Gasteiger partial charge in [-0.3, -0.25) is 0 Å². The second-order valence-corrected chi connectivity index (χ2v) is 12.3. The quantitative estimate of drug-likeness (QED) is 0.395. The monoisotopic (exact) mass is 446 g/mol. The Labute approximate surface area is 197 Å². The van der Waals surface area contributed by atoms with Crippen LogP contribution in [0.1, 0.15) is 112 Å². The normalized spacial score (nSPS) is 38.1. The van der Waals surface area contributed by atoms with E-state index in [2.05, 4.69) is 32.9 Å². The van der Waals surface area contributed by atoms with E-state index in [1.165, 1.54) is 44.1 Å². The van der Waals surface area contributed by atoms with Gasteiger partial charge < -0.3 is 15.3 Å². The van der Waals surface area contributed by atoms with E-state index in [0.717, 1.165) is 31.6 Å². The molecule has 3 aliphatic rings. The molecule has 0 spiro atoms. The van der Waals surface area contributed by atoms with Gasteiger partial charge in [0.1, 0.15) is 0 Å². The first-order chi connectivity index (χ1) is 15.0. The Bertz CT molecular complexity index is 658. The van der Waals surface area contributed by atoms with Crippen molar-refractivity contribution in [3.8, 4) is 0 Å². The highest BCUT2D eigenvalue weighted by atomic mass is 16.3. The smallest absolute Gasteiger partial charge is 0.0630 e. The van der Waals surface area contributed by atoms with Crippen molar-refractivity contribution in [2.24, 2.45) is 29.1 Å². The van der Waals surface area contributed by atoms with E-state index in [4.69, 9.17) is 0 Å². The summed E-state index contributed by atoms with van der Waals surface area (Å²) in [7, 11) is 0. The van der Waals surface area contributed by atoms with Gasteiger partial charge in [-0.25, -0.2) is 0 Å². The Hall–Kier alpha value is -0.640. The van der Waals surface area contributed by atoms with E-state index in [-0.39, 0.29) is 5.92 Å². The molecule has 3 rings (SSSR count). The molecule has 0 aromatic carbocycles. The molecule has 3 saturated carbocycles. The lowest BCUT2D eigenvalue weighted by molar-refractivity contribution is -0.00966. The fourth-order valence-corrected chi connectivity index (χ4v) is 7.53. The zero-order chi connectivity index (χ0) is 23.5. The molecule has 3 fully saturated rings. The molecule has 3 nitrogen and oxygen atoms in total. The van der Waals surface area contributed by atoms with Gasteiger partial charge in [0.25, 0.3) is 0 Å². The second kappa shape index (κ2) is 10.7. The second-order valence-electron chi connectivity index (χ2n) is 12.3. The van der Waals surface area contributed by atoms with Crippen LogP contribution < -0.4 is 0 Å². The summed E-state index contributed by atoms with van der Waals surface area (Å²) in [4.78, 5) is 0. The molecule has 0 unspecified atom stereocenters. The highest BCUT2D eigenvalue weighted by Gasteiger charge is 2.50. The molecule has 184 valence electrons. The van der Waals surface area contributed by atoms with Crippen LogP contribution in [0.3, 0.4) is 0 Å². The third-order valence-corrected chi connectivity index (χ3v) is 9.26. The van der Waals surface area contributed by atoms with Gasteiger partial charge >= 0.3 is 0 Å². The molecule has 0 amide bonds. The lowest BCUT2D eigenvalue weighted by Gasteiger charge is -2.44. The highest BCUT2D eigenvalue weighted by molar-refractivity contribution is 5.26. The molecule has 32 heavy (non-hydrogen) atoms. The van der Waals surface area contributed by atoms with E-state index < -0.39 is 17.8 Å². The molecule has 0 radical (unpaired) electrons. The number of fused-ring (bicyclic) bond motifs is 1. The molecular formula is C29H50O3. The van der Waals surface area contributed by atoms with Crippen LogP contribution in [0.25, 0.3) is 0 Å². The number of allylic oxidation sites excluding steroid dienone is 3. The van der Waals surface area contributed by atoms with Crippen LogP contribution in [-0.4, -0.2) is 33.1 Å². The van der Waals surface area contributed by atoms with Gasteiger partial charge in [-0.2, -0.15) is 0 Å². The average Bonchev–Trinajstić information content (AvgIpc) is 3.05. The first kappa shape index (κ1) is 26.0. The summed E-state index contributed by atoms with van der Waals surface area (Å²) < 4.78 is 0. The minimum atomic E-state index is -0.549. The number of aliphatic hydroxyl groups excluding tert-OH is 2. The molecule has 0 aliphatic heterocycles. The summed E-state index contributed by atoms with van der Waals surface area (Å²) in [6.45, 7) is 11.0. The number of aliphatic hydroxyl groups is 3. The number of rotatable bonds is 8. The lowest BCUT2D eigenvalue weighted by atomic mass is 9.60. The van der Waals surface area contributed by atoms with Crippen molar-refractivity contribution in [3.05, 3.63) is 23.3 Å². The van der Waals surface area contributed by atoms with Crippen molar-refractivity contribution in [2.75, 3.05) is 0 Å². The maximum Gasteiger partial charge on any atom is 0.0630 e. The van der Waals surface area contributed by atoms with Crippen LogP contribution in [0, 0.1) is 29.1 Å². The van der Waals surface area contributed by atoms with Gasteiger partial charge in [-0.05, 0) is 94.8 Å². The molecule has 3 aliphatic carbocycles. The summed E-state index contributed by atoms with van der Waals surface area (Å²) in [5, 5.41) is 31.2.